The summed E-state index contributed by atoms with van der Waals surface area (Å²) in [5, 5.41) is 3.65. The summed E-state index contributed by atoms with van der Waals surface area (Å²) in [7, 11) is 0. The lowest BCUT2D eigenvalue weighted by Gasteiger charge is -1.85. The number of aldehydes is 1. The Morgan fingerprint density at radius 1 is 1.70 bits per heavy atom. The largest absolute Gasteiger partial charge is 0.360 e. The minimum absolute atomic E-state index is 0.600. The molecule has 0 unspecified atom stereocenters. The van der Waals surface area contributed by atoms with Gasteiger partial charge in [0.2, 0.25) is 0 Å². The molecule has 0 radical (unpaired) electrons. The molecule has 3 heteroatoms. The Morgan fingerprint density at radius 3 is 2.80 bits per heavy atom. The summed E-state index contributed by atoms with van der Waals surface area (Å²) in [4.78, 5) is 10.4. The highest BCUT2D eigenvalue weighted by molar-refractivity contribution is 5.77. The average Bonchev–Trinajstić information content (AvgIpc) is 2.30. The highest BCUT2D eigenvalue weighted by Gasteiger charge is 2.08. The molecule has 3 nitrogen and oxygen atoms in total. The fourth-order valence-corrected chi connectivity index (χ4v) is 0.830. The Bertz CT molecular complexity index is 240. The topological polar surface area (TPSA) is 43.1 Å². The Morgan fingerprint density at radius 2 is 2.40 bits per heavy atom. The van der Waals surface area contributed by atoms with Gasteiger partial charge in [0.1, 0.15) is 5.76 Å². The zero-order chi connectivity index (χ0) is 7.56. The predicted molar refractivity (Wildman–Crippen MR) is 36.0 cm³/mol. The van der Waals surface area contributed by atoms with E-state index in [4.69, 9.17) is 4.52 Å². The molecule has 0 saturated carbocycles. The van der Waals surface area contributed by atoms with Crippen LogP contribution in [-0.4, -0.2) is 11.4 Å². The molecule has 0 aliphatic rings. The first-order valence-electron chi connectivity index (χ1n) is 3.20. The number of hydrogen-bond acceptors (Lipinski definition) is 3. The van der Waals surface area contributed by atoms with Gasteiger partial charge in [-0.15, -0.1) is 0 Å². The maximum atomic E-state index is 10.4. The fourth-order valence-electron chi connectivity index (χ4n) is 0.830. The summed E-state index contributed by atoms with van der Waals surface area (Å²) in [6.07, 6.45) is 1.50. The van der Waals surface area contributed by atoms with Crippen LogP contribution < -0.4 is 0 Å². The average molecular weight is 139 g/mol. The Hall–Kier alpha value is -1.12. The first-order valence-corrected chi connectivity index (χ1v) is 3.20. The summed E-state index contributed by atoms with van der Waals surface area (Å²) in [5.74, 6) is 0.674. The first-order chi connectivity index (χ1) is 4.79. The van der Waals surface area contributed by atoms with Gasteiger partial charge in [-0.25, -0.2) is 0 Å². The number of carbonyl (C=O) groups is 1. The van der Waals surface area contributed by atoms with E-state index >= 15 is 0 Å². The van der Waals surface area contributed by atoms with E-state index in [9.17, 15) is 4.79 Å². The van der Waals surface area contributed by atoms with Crippen molar-refractivity contribution in [2.75, 3.05) is 0 Å². The summed E-state index contributed by atoms with van der Waals surface area (Å²) in [6, 6.07) is 0. The molecule has 0 spiro atoms. The van der Waals surface area contributed by atoms with Crippen molar-refractivity contribution >= 4 is 6.29 Å². The van der Waals surface area contributed by atoms with E-state index in [1.165, 1.54) is 0 Å². The van der Waals surface area contributed by atoms with Gasteiger partial charge >= 0.3 is 0 Å². The number of hydrogen-bond donors (Lipinski definition) is 0. The lowest BCUT2D eigenvalue weighted by molar-refractivity contribution is 0.112. The van der Waals surface area contributed by atoms with Crippen molar-refractivity contribution in [3.63, 3.8) is 0 Å². The van der Waals surface area contributed by atoms with Gasteiger partial charge in [0, 0.05) is 6.42 Å². The van der Waals surface area contributed by atoms with E-state index < -0.39 is 0 Å². The van der Waals surface area contributed by atoms with Crippen LogP contribution in [0.1, 0.15) is 28.7 Å². The van der Waals surface area contributed by atoms with Crippen LogP contribution in [-0.2, 0) is 6.42 Å². The third kappa shape index (κ3) is 0.943. The summed E-state index contributed by atoms with van der Waals surface area (Å²) >= 11 is 0. The van der Waals surface area contributed by atoms with E-state index in [-0.39, 0.29) is 0 Å². The molecule has 10 heavy (non-hydrogen) atoms. The maximum absolute atomic E-state index is 10.4. The van der Waals surface area contributed by atoms with Crippen LogP contribution in [0.5, 0.6) is 0 Å². The molecule has 0 atom stereocenters. The van der Waals surface area contributed by atoms with E-state index in [2.05, 4.69) is 5.16 Å². The van der Waals surface area contributed by atoms with E-state index in [1.807, 2.05) is 6.92 Å². The van der Waals surface area contributed by atoms with Crippen molar-refractivity contribution < 1.29 is 9.32 Å². The van der Waals surface area contributed by atoms with Crippen LogP contribution in [0.25, 0.3) is 0 Å². The SMILES string of the molecule is CCc1onc(C)c1C=O. The number of carbonyl (C=O) groups excluding carboxylic acids is 1. The molecule has 54 valence electrons. The second kappa shape index (κ2) is 2.64. The molecule has 1 rings (SSSR count). The molecule has 0 aliphatic carbocycles. The minimum Gasteiger partial charge on any atom is -0.360 e. The van der Waals surface area contributed by atoms with Crippen molar-refractivity contribution in [1.82, 2.24) is 5.16 Å². The summed E-state index contributed by atoms with van der Waals surface area (Å²) in [5.41, 5.74) is 1.27. The van der Waals surface area contributed by atoms with Crippen molar-refractivity contribution in [2.24, 2.45) is 0 Å². The number of rotatable bonds is 2. The fraction of sp³-hybridized carbons (Fsp3) is 0.429. The van der Waals surface area contributed by atoms with Crippen molar-refractivity contribution in [3.8, 4) is 0 Å². The smallest absolute Gasteiger partial charge is 0.155 e. The van der Waals surface area contributed by atoms with Crippen molar-refractivity contribution in [3.05, 3.63) is 17.0 Å². The predicted octanol–water partition coefficient (Wildman–Crippen LogP) is 1.36. The quantitative estimate of drug-likeness (QED) is 0.581. The van der Waals surface area contributed by atoms with Crippen LogP contribution in [0.4, 0.5) is 0 Å². The van der Waals surface area contributed by atoms with Crippen LogP contribution >= 0.6 is 0 Å². The Kier molecular flexibility index (Phi) is 1.85. The lowest BCUT2D eigenvalue weighted by atomic mass is 10.2. The highest BCUT2D eigenvalue weighted by Crippen LogP contribution is 2.10. The van der Waals surface area contributed by atoms with Gasteiger partial charge in [-0.3, -0.25) is 4.79 Å². The maximum Gasteiger partial charge on any atom is 0.155 e. The molecular weight excluding hydrogens is 130 g/mol. The monoisotopic (exact) mass is 139 g/mol. The third-order valence-electron chi connectivity index (χ3n) is 1.42. The zero-order valence-corrected chi connectivity index (χ0v) is 6.05. The van der Waals surface area contributed by atoms with E-state index in [0.29, 0.717) is 17.0 Å². The van der Waals surface area contributed by atoms with E-state index in [0.717, 1.165) is 12.7 Å². The first kappa shape index (κ1) is 6.99. The van der Waals surface area contributed by atoms with Gasteiger partial charge in [0.05, 0.1) is 11.3 Å². The lowest BCUT2D eigenvalue weighted by Crippen LogP contribution is -1.85. The highest BCUT2D eigenvalue weighted by atomic mass is 16.5. The molecule has 0 N–H and O–H groups in total. The molecule has 0 amide bonds. The molecule has 1 aromatic rings. The minimum atomic E-state index is 0.600. The van der Waals surface area contributed by atoms with Crippen LogP contribution in [0.3, 0.4) is 0 Å². The summed E-state index contributed by atoms with van der Waals surface area (Å²) < 4.78 is 4.85. The van der Waals surface area contributed by atoms with Crippen LogP contribution in [0.2, 0.25) is 0 Å². The zero-order valence-electron chi connectivity index (χ0n) is 6.05. The van der Waals surface area contributed by atoms with Gasteiger partial charge in [0.25, 0.3) is 0 Å². The third-order valence-corrected chi connectivity index (χ3v) is 1.42. The molecule has 0 aliphatic heterocycles. The van der Waals surface area contributed by atoms with Gasteiger partial charge in [-0.05, 0) is 6.92 Å². The molecule has 1 aromatic heterocycles. The van der Waals surface area contributed by atoms with Crippen LogP contribution in [0.15, 0.2) is 4.52 Å². The second-order valence-corrected chi connectivity index (χ2v) is 2.08. The van der Waals surface area contributed by atoms with Gasteiger partial charge < -0.3 is 4.52 Å². The normalized spacial score (nSPS) is 9.80. The molecule has 0 bridgehead atoms. The standard InChI is InChI=1S/C7H9NO2/c1-3-7-6(4-9)5(2)8-10-7/h4H,3H2,1-2H3. The number of nitrogens with zero attached hydrogens (tertiary/aromatic N) is 1. The van der Waals surface area contributed by atoms with E-state index in [1.54, 1.807) is 6.92 Å². The summed E-state index contributed by atoms with van der Waals surface area (Å²) in [6.45, 7) is 3.68. The van der Waals surface area contributed by atoms with Crippen molar-refractivity contribution in [2.45, 2.75) is 20.3 Å². The molecule has 1 heterocycles. The van der Waals surface area contributed by atoms with Crippen LogP contribution in [0, 0.1) is 6.92 Å². The second-order valence-electron chi connectivity index (χ2n) is 2.08. The molecule has 0 saturated heterocycles. The Balaban J connectivity index is 3.12. The Labute approximate surface area is 59.0 Å². The molecule has 0 fully saturated rings. The molecular formula is C7H9NO2. The number of aromatic nitrogens is 1. The van der Waals surface area contributed by atoms with Gasteiger partial charge in [0.15, 0.2) is 6.29 Å². The molecule has 0 aromatic carbocycles. The van der Waals surface area contributed by atoms with Crippen molar-refractivity contribution in [1.29, 1.82) is 0 Å². The van der Waals surface area contributed by atoms with Gasteiger partial charge in [-0.2, -0.15) is 0 Å². The number of aryl methyl sites for hydroxylation is 2. The van der Waals surface area contributed by atoms with Gasteiger partial charge in [-0.1, -0.05) is 12.1 Å².